The summed E-state index contributed by atoms with van der Waals surface area (Å²) in [6, 6.07) is 0.393. The molecule has 0 radical (unpaired) electrons. The van der Waals surface area contributed by atoms with E-state index in [0.717, 1.165) is 39.1 Å². The van der Waals surface area contributed by atoms with E-state index in [-0.39, 0.29) is 5.60 Å². The minimum Gasteiger partial charge on any atom is -0.378 e. The third kappa shape index (κ3) is 3.15. The van der Waals surface area contributed by atoms with Gasteiger partial charge in [0.15, 0.2) is 0 Å². The monoisotopic (exact) mass is 318 g/mol. The van der Waals surface area contributed by atoms with Crippen LogP contribution in [0.4, 0.5) is 0 Å². The minimum atomic E-state index is -0.0201. The van der Waals surface area contributed by atoms with Gasteiger partial charge in [0.2, 0.25) is 0 Å². The van der Waals surface area contributed by atoms with E-state index in [1.54, 1.807) is 0 Å². The van der Waals surface area contributed by atoms with Crippen molar-refractivity contribution in [2.24, 2.45) is 11.8 Å². The molecule has 0 aromatic rings. The van der Waals surface area contributed by atoms with Gasteiger partial charge in [-0.3, -0.25) is 11.3 Å². The molecule has 0 bridgehead atoms. The number of rotatable bonds is 3. The maximum atomic E-state index is 6.06. The Balaban J connectivity index is 1.68. The Hall–Kier alpha value is 0.540. The molecule has 116 valence electrons. The minimum absolute atomic E-state index is 0.0201. The Morgan fingerprint density at radius 3 is 2.85 bits per heavy atom. The van der Waals surface area contributed by atoms with Gasteiger partial charge < -0.3 is 9.47 Å². The maximum absolute atomic E-state index is 6.06. The summed E-state index contributed by atoms with van der Waals surface area (Å²) in [5, 5.41) is 1.29. The zero-order valence-electron chi connectivity index (χ0n) is 12.2. The Morgan fingerprint density at radius 2 is 2.15 bits per heavy atom. The highest BCUT2D eigenvalue weighted by molar-refractivity contribution is 8.07. The predicted octanol–water partition coefficient (Wildman–Crippen LogP) is 1.64. The standard InChI is InChI=1S/C14H26N2O2S2/c1-10-13(20-7-6-19-10)12(16-15)11-2-4-18-14(8-11)3-5-17-9-14/h10-13,16H,2-9,15H2,1H3. The highest BCUT2D eigenvalue weighted by Gasteiger charge is 2.45. The third-order valence-electron chi connectivity index (χ3n) is 4.89. The van der Waals surface area contributed by atoms with Crippen LogP contribution in [0.15, 0.2) is 0 Å². The first-order valence-corrected chi connectivity index (χ1v) is 9.75. The van der Waals surface area contributed by atoms with E-state index in [4.69, 9.17) is 15.3 Å². The molecule has 0 amide bonds. The summed E-state index contributed by atoms with van der Waals surface area (Å²) in [6.45, 7) is 4.81. The Kier molecular flexibility index (Phi) is 5.21. The molecule has 3 fully saturated rings. The van der Waals surface area contributed by atoms with Crippen LogP contribution < -0.4 is 11.3 Å². The molecule has 3 heterocycles. The molecule has 1 spiro atoms. The number of thioether (sulfide) groups is 2. The number of nitrogens with two attached hydrogens (primary N) is 1. The molecule has 0 aromatic heterocycles. The first-order chi connectivity index (χ1) is 9.74. The van der Waals surface area contributed by atoms with E-state index >= 15 is 0 Å². The van der Waals surface area contributed by atoms with Crippen molar-refractivity contribution in [1.82, 2.24) is 5.43 Å². The molecule has 3 rings (SSSR count). The fourth-order valence-corrected chi connectivity index (χ4v) is 6.80. The molecule has 5 atom stereocenters. The van der Waals surface area contributed by atoms with Gasteiger partial charge >= 0.3 is 0 Å². The lowest BCUT2D eigenvalue weighted by Crippen LogP contribution is -2.55. The van der Waals surface area contributed by atoms with Crippen molar-refractivity contribution < 1.29 is 9.47 Å². The summed E-state index contributed by atoms with van der Waals surface area (Å²) in [5.41, 5.74) is 3.13. The van der Waals surface area contributed by atoms with Crippen molar-refractivity contribution in [3.8, 4) is 0 Å². The summed E-state index contributed by atoms with van der Waals surface area (Å²) in [6.07, 6.45) is 3.25. The largest absolute Gasteiger partial charge is 0.378 e. The molecular weight excluding hydrogens is 292 g/mol. The van der Waals surface area contributed by atoms with Crippen LogP contribution in [0.2, 0.25) is 0 Å². The fourth-order valence-electron chi connectivity index (χ4n) is 3.78. The van der Waals surface area contributed by atoms with Crippen molar-refractivity contribution in [2.45, 2.75) is 48.3 Å². The molecular formula is C14H26N2O2S2. The third-order valence-corrected chi connectivity index (χ3v) is 8.11. The molecule has 3 saturated heterocycles. The number of ether oxygens (including phenoxy) is 2. The SMILES string of the molecule is CC1SCCSC1C(NN)C1CCOC2(CCOC2)C1. The Morgan fingerprint density at radius 1 is 1.30 bits per heavy atom. The van der Waals surface area contributed by atoms with Crippen LogP contribution in [0.25, 0.3) is 0 Å². The summed E-state index contributed by atoms with van der Waals surface area (Å²) in [5.74, 6) is 9.06. The molecule has 0 aliphatic carbocycles. The van der Waals surface area contributed by atoms with Gasteiger partial charge in [0.1, 0.15) is 0 Å². The van der Waals surface area contributed by atoms with Gasteiger partial charge in [0.05, 0.1) is 12.2 Å². The molecule has 0 saturated carbocycles. The molecule has 3 aliphatic rings. The lowest BCUT2D eigenvalue weighted by molar-refractivity contribution is -0.103. The molecule has 3 N–H and O–H groups in total. The molecule has 6 heteroatoms. The van der Waals surface area contributed by atoms with E-state index in [0.29, 0.717) is 22.5 Å². The van der Waals surface area contributed by atoms with Crippen molar-refractivity contribution in [2.75, 3.05) is 31.3 Å². The zero-order chi connectivity index (χ0) is 14.0. The van der Waals surface area contributed by atoms with Crippen molar-refractivity contribution in [1.29, 1.82) is 0 Å². The zero-order valence-corrected chi connectivity index (χ0v) is 13.8. The van der Waals surface area contributed by atoms with Crippen molar-refractivity contribution >= 4 is 23.5 Å². The smallest absolute Gasteiger partial charge is 0.0939 e. The highest BCUT2D eigenvalue weighted by atomic mass is 32.2. The Bertz CT molecular complexity index is 326. The van der Waals surface area contributed by atoms with Gasteiger partial charge in [-0.1, -0.05) is 6.92 Å². The summed E-state index contributed by atoms with van der Waals surface area (Å²) < 4.78 is 11.6. The average Bonchev–Trinajstić information content (AvgIpc) is 2.90. The molecule has 4 nitrogen and oxygen atoms in total. The topological polar surface area (TPSA) is 56.5 Å². The average molecular weight is 319 g/mol. The maximum Gasteiger partial charge on any atom is 0.0939 e. The van der Waals surface area contributed by atoms with Gasteiger partial charge in [-0.15, -0.1) is 0 Å². The van der Waals surface area contributed by atoms with Crippen LogP contribution in [0, 0.1) is 5.92 Å². The van der Waals surface area contributed by atoms with Gasteiger partial charge in [-0.2, -0.15) is 23.5 Å². The predicted molar refractivity (Wildman–Crippen MR) is 86.1 cm³/mol. The fraction of sp³-hybridized carbons (Fsp3) is 1.00. The summed E-state index contributed by atoms with van der Waals surface area (Å²) in [7, 11) is 0. The summed E-state index contributed by atoms with van der Waals surface area (Å²) >= 11 is 4.18. The van der Waals surface area contributed by atoms with Gasteiger partial charge in [0, 0.05) is 47.7 Å². The second-order valence-corrected chi connectivity index (χ2v) is 8.96. The number of hydrogen-bond donors (Lipinski definition) is 2. The van der Waals surface area contributed by atoms with Gasteiger partial charge in [-0.05, 0) is 18.8 Å². The van der Waals surface area contributed by atoms with E-state index < -0.39 is 0 Å². The first kappa shape index (κ1) is 15.4. The molecule has 0 aromatic carbocycles. The highest BCUT2D eigenvalue weighted by Crippen LogP contribution is 2.41. The molecule has 20 heavy (non-hydrogen) atoms. The molecule has 5 unspecified atom stereocenters. The second-order valence-electron chi connectivity index (χ2n) is 6.19. The number of hydrogen-bond acceptors (Lipinski definition) is 6. The number of hydrazine groups is 1. The number of nitrogens with one attached hydrogen (secondary N) is 1. The van der Waals surface area contributed by atoms with Crippen LogP contribution in [0.3, 0.4) is 0 Å². The van der Waals surface area contributed by atoms with Crippen LogP contribution in [0.1, 0.15) is 26.2 Å². The second kappa shape index (κ2) is 6.75. The quantitative estimate of drug-likeness (QED) is 0.609. The van der Waals surface area contributed by atoms with Crippen molar-refractivity contribution in [3.63, 3.8) is 0 Å². The van der Waals surface area contributed by atoms with E-state index in [9.17, 15) is 0 Å². The Labute approximate surface area is 130 Å². The van der Waals surface area contributed by atoms with Crippen molar-refractivity contribution in [3.05, 3.63) is 0 Å². The first-order valence-electron chi connectivity index (χ1n) is 7.65. The lowest BCUT2D eigenvalue weighted by atomic mass is 9.80. The summed E-state index contributed by atoms with van der Waals surface area (Å²) in [4.78, 5) is 0. The molecule has 3 aliphatic heterocycles. The van der Waals surface area contributed by atoms with E-state index in [1.165, 1.54) is 11.5 Å². The van der Waals surface area contributed by atoms with E-state index in [2.05, 4.69) is 35.9 Å². The van der Waals surface area contributed by atoms with Crippen LogP contribution in [-0.2, 0) is 9.47 Å². The normalized spacial score (nSPS) is 43.8. The van der Waals surface area contributed by atoms with Crippen LogP contribution >= 0.6 is 23.5 Å². The van der Waals surface area contributed by atoms with E-state index in [1.807, 2.05) is 0 Å². The van der Waals surface area contributed by atoms with Gasteiger partial charge in [0.25, 0.3) is 0 Å². The van der Waals surface area contributed by atoms with Gasteiger partial charge in [-0.25, -0.2) is 0 Å². The van der Waals surface area contributed by atoms with Crippen LogP contribution in [-0.4, -0.2) is 53.5 Å². The van der Waals surface area contributed by atoms with Crippen LogP contribution in [0.5, 0.6) is 0 Å². The lowest BCUT2D eigenvalue weighted by Gasteiger charge is -2.44.